The summed E-state index contributed by atoms with van der Waals surface area (Å²) in [6, 6.07) is 8.01. The Morgan fingerprint density at radius 3 is 2.23 bits per heavy atom. The molecule has 0 aliphatic carbocycles. The molecule has 1 atom stereocenters. The van der Waals surface area contributed by atoms with Crippen LogP contribution in [0.5, 0.6) is 0 Å². The van der Waals surface area contributed by atoms with E-state index in [1.165, 1.54) is 0 Å². The Hall–Kier alpha value is -2.37. The molecule has 0 bridgehead atoms. The first-order valence-electron chi connectivity index (χ1n) is 6.88. The zero-order valence-electron chi connectivity index (χ0n) is 13.2. The van der Waals surface area contributed by atoms with E-state index < -0.39 is 29.5 Å². The van der Waals surface area contributed by atoms with E-state index in [2.05, 4.69) is 10.1 Å². The lowest BCUT2D eigenvalue weighted by molar-refractivity contribution is -0.152. The highest BCUT2D eigenvalue weighted by molar-refractivity contribution is 6.36. The van der Waals surface area contributed by atoms with E-state index in [1.807, 2.05) is 18.2 Å². The minimum absolute atomic E-state index is 0.175. The smallest absolute Gasteiger partial charge is 0.408 e. The van der Waals surface area contributed by atoms with Gasteiger partial charge in [-0.1, -0.05) is 30.3 Å². The molecule has 0 fully saturated rings. The molecule has 0 saturated carbocycles. The quantitative estimate of drug-likeness (QED) is 0.663. The van der Waals surface area contributed by atoms with E-state index in [1.54, 1.807) is 32.9 Å². The van der Waals surface area contributed by atoms with Crippen LogP contribution in [0.15, 0.2) is 30.3 Å². The Bertz CT molecular complexity index is 533. The number of benzene rings is 1. The average Bonchev–Trinajstić information content (AvgIpc) is 2.44. The van der Waals surface area contributed by atoms with E-state index in [4.69, 9.17) is 4.74 Å². The van der Waals surface area contributed by atoms with E-state index in [-0.39, 0.29) is 6.42 Å². The highest BCUT2D eigenvalue weighted by Crippen LogP contribution is 2.09. The van der Waals surface area contributed by atoms with Crippen molar-refractivity contribution in [3.05, 3.63) is 35.9 Å². The number of rotatable bonds is 5. The normalized spacial score (nSPS) is 12.2. The minimum Gasteiger partial charge on any atom is -0.463 e. The third-order valence-corrected chi connectivity index (χ3v) is 2.68. The number of ketones is 1. The van der Waals surface area contributed by atoms with Gasteiger partial charge in [-0.2, -0.15) is 0 Å². The largest absolute Gasteiger partial charge is 0.463 e. The monoisotopic (exact) mass is 307 g/mol. The first-order chi connectivity index (χ1) is 10.2. The first kappa shape index (κ1) is 17.7. The van der Waals surface area contributed by atoms with Crippen LogP contribution < -0.4 is 5.32 Å². The highest BCUT2D eigenvalue weighted by atomic mass is 16.6. The van der Waals surface area contributed by atoms with Crippen molar-refractivity contribution in [3.8, 4) is 0 Å². The summed E-state index contributed by atoms with van der Waals surface area (Å²) in [6.45, 7) is 5.13. The van der Waals surface area contributed by atoms with Crippen molar-refractivity contribution in [2.45, 2.75) is 38.8 Å². The lowest BCUT2D eigenvalue weighted by Gasteiger charge is -2.22. The summed E-state index contributed by atoms with van der Waals surface area (Å²) in [6.07, 6.45) is -0.584. The lowest BCUT2D eigenvalue weighted by atomic mass is 10.0. The number of hydrogen-bond acceptors (Lipinski definition) is 5. The maximum Gasteiger partial charge on any atom is 0.408 e. The van der Waals surface area contributed by atoms with Crippen LogP contribution >= 0.6 is 0 Å². The molecule has 0 saturated heterocycles. The maximum atomic E-state index is 12.0. The molecular formula is C16H21NO5. The van der Waals surface area contributed by atoms with Gasteiger partial charge in [0.15, 0.2) is 0 Å². The van der Waals surface area contributed by atoms with Crippen LogP contribution in [-0.4, -0.2) is 36.6 Å². The number of alkyl carbamates (subject to hydrolysis) is 1. The van der Waals surface area contributed by atoms with Crippen molar-refractivity contribution in [2.24, 2.45) is 0 Å². The molecule has 1 aromatic rings. The third kappa shape index (κ3) is 5.95. The highest BCUT2D eigenvalue weighted by Gasteiger charge is 2.29. The van der Waals surface area contributed by atoms with Gasteiger partial charge in [0.25, 0.3) is 5.78 Å². The fourth-order valence-corrected chi connectivity index (χ4v) is 1.75. The molecule has 1 aromatic carbocycles. The number of ether oxygens (including phenoxy) is 2. The predicted octanol–water partition coefficient (Wildman–Crippen LogP) is 1.86. The summed E-state index contributed by atoms with van der Waals surface area (Å²) < 4.78 is 9.55. The number of Topliss-reactive ketones (excluding diaryl/α,β-unsaturated/α-hetero) is 1. The van der Waals surface area contributed by atoms with Crippen molar-refractivity contribution < 1.29 is 23.9 Å². The Balaban J connectivity index is 2.85. The van der Waals surface area contributed by atoms with Gasteiger partial charge in [-0.3, -0.25) is 4.79 Å². The van der Waals surface area contributed by atoms with Crippen molar-refractivity contribution >= 4 is 17.8 Å². The Morgan fingerprint density at radius 2 is 1.73 bits per heavy atom. The molecule has 1 N–H and O–H groups in total. The van der Waals surface area contributed by atoms with Gasteiger partial charge in [0.1, 0.15) is 11.6 Å². The number of esters is 1. The SMILES string of the molecule is COC(=O)C(=O)C(Cc1ccccc1)NC(=O)OC(C)(C)C. The van der Waals surface area contributed by atoms with E-state index >= 15 is 0 Å². The predicted molar refractivity (Wildman–Crippen MR) is 80.3 cm³/mol. The molecule has 0 spiro atoms. The van der Waals surface area contributed by atoms with Gasteiger partial charge in [-0.15, -0.1) is 0 Å². The molecular weight excluding hydrogens is 286 g/mol. The molecule has 0 heterocycles. The van der Waals surface area contributed by atoms with E-state index in [0.29, 0.717) is 0 Å². The summed E-state index contributed by atoms with van der Waals surface area (Å²) in [5.74, 6) is -1.82. The molecule has 6 nitrogen and oxygen atoms in total. The number of carbonyl (C=O) groups is 3. The second-order valence-corrected chi connectivity index (χ2v) is 5.74. The van der Waals surface area contributed by atoms with Crippen LogP contribution in [0.2, 0.25) is 0 Å². The number of hydrogen-bond donors (Lipinski definition) is 1. The average molecular weight is 307 g/mol. The molecule has 120 valence electrons. The summed E-state index contributed by atoms with van der Waals surface area (Å²) >= 11 is 0. The summed E-state index contributed by atoms with van der Waals surface area (Å²) in [4.78, 5) is 35.3. The minimum atomic E-state index is -1.04. The van der Waals surface area contributed by atoms with Gasteiger partial charge in [0.2, 0.25) is 0 Å². The van der Waals surface area contributed by atoms with Gasteiger partial charge in [0.05, 0.1) is 7.11 Å². The van der Waals surface area contributed by atoms with Gasteiger partial charge in [-0.05, 0) is 26.3 Å². The summed E-state index contributed by atoms with van der Waals surface area (Å²) in [7, 11) is 1.12. The summed E-state index contributed by atoms with van der Waals surface area (Å²) in [5.41, 5.74) is 0.108. The fraction of sp³-hybridized carbons (Fsp3) is 0.438. The molecule has 1 rings (SSSR count). The molecule has 22 heavy (non-hydrogen) atoms. The molecule has 1 amide bonds. The van der Waals surface area contributed by atoms with Crippen LogP contribution in [0.3, 0.4) is 0 Å². The molecule has 0 radical (unpaired) electrons. The number of carbonyl (C=O) groups excluding carboxylic acids is 3. The second-order valence-electron chi connectivity index (χ2n) is 5.74. The van der Waals surface area contributed by atoms with Crippen LogP contribution in [0.25, 0.3) is 0 Å². The van der Waals surface area contributed by atoms with Crippen LogP contribution in [-0.2, 0) is 25.5 Å². The molecule has 0 aromatic heterocycles. The lowest BCUT2D eigenvalue weighted by Crippen LogP contribution is -2.47. The van der Waals surface area contributed by atoms with Gasteiger partial charge < -0.3 is 14.8 Å². The van der Waals surface area contributed by atoms with Crippen molar-refractivity contribution in [3.63, 3.8) is 0 Å². The second kappa shape index (κ2) is 7.59. The third-order valence-electron chi connectivity index (χ3n) is 2.68. The van der Waals surface area contributed by atoms with Crippen molar-refractivity contribution in [2.75, 3.05) is 7.11 Å². The summed E-state index contributed by atoms with van der Waals surface area (Å²) in [5, 5.41) is 2.43. The van der Waals surface area contributed by atoms with Crippen LogP contribution in [0, 0.1) is 0 Å². The van der Waals surface area contributed by atoms with E-state index in [9.17, 15) is 14.4 Å². The Kier molecular flexibility index (Phi) is 6.10. The van der Waals surface area contributed by atoms with Crippen LogP contribution in [0.4, 0.5) is 4.79 Å². The Morgan fingerprint density at radius 1 is 1.14 bits per heavy atom. The van der Waals surface area contributed by atoms with Crippen molar-refractivity contribution in [1.29, 1.82) is 0 Å². The molecule has 0 aliphatic rings. The van der Waals surface area contributed by atoms with Gasteiger partial charge in [0, 0.05) is 6.42 Å². The zero-order chi connectivity index (χ0) is 16.8. The fourth-order valence-electron chi connectivity index (χ4n) is 1.75. The van der Waals surface area contributed by atoms with Crippen molar-refractivity contribution in [1.82, 2.24) is 5.32 Å². The molecule has 6 heteroatoms. The topological polar surface area (TPSA) is 81.7 Å². The standard InChI is InChI=1S/C16H21NO5/c1-16(2,3)22-15(20)17-12(13(18)14(19)21-4)10-11-8-6-5-7-9-11/h5-9,12H,10H2,1-4H3,(H,17,20). The maximum absolute atomic E-state index is 12.0. The first-order valence-corrected chi connectivity index (χ1v) is 6.88. The van der Waals surface area contributed by atoms with Gasteiger partial charge in [-0.25, -0.2) is 9.59 Å². The number of methoxy groups -OCH3 is 1. The molecule has 0 aliphatic heterocycles. The Labute approximate surface area is 129 Å². The van der Waals surface area contributed by atoms with Crippen LogP contribution in [0.1, 0.15) is 26.3 Å². The molecule has 1 unspecified atom stereocenters. The number of nitrogens with one attached hydrogen (secondary N) is 1. The zero-order valence-corrected chi connectivity index (χ0v) is 13.2. The number of amides is 1. The van der Waals surface area contributed by atoms with E-state index in [0.717, 1.165) is 12.7 Å². The van der Waals surface area contributed by atoms with Gasteiger partial charge >= 0.3 is 12.1 Å².